The molecule has 0 aliphatic rings. The second-order valence-electron chi connectivity index (χ2n) is 30.7. The molecule has 6 aromatic heterocycles. The molecule has 0 aliphatic heterocycles. The van der Waals surface area contributed by atoms with E-state index < -0.39 is 0 Å². The summed E-state index contributed by atoms with van der Waals surface area (Å²) in [4.78, 5) is 21.7. The highest BCUT2D eigenvalue weighted by Gasteiger charge is 2.28. The molecule has 0 radical (unpaired) electrons. The summed E-state index contributed by atoms with van der Waals surface area (Å²) < 4.78 is 9.07. The fourth-order valence-electron chi connectivity index (χ4n) is 18.2. The van der Waals surface area contributed by atoms with Crippen LogP contribution in [-0.2, 0) is 0 Å². The van der Waals surface area contributed by atoms with Crippen molar-refractivity contribution in [1.29, 1.82) is 31.6 Å². The van der Waals surface area contributed by atoms with Gasteiger partial charge in [0.05, 0.1) is 159 Å². The number of aromatic nitrogens is 8. The number of nitriles is 6. The van der Waals surface area contributed by atoms with Gasteiger partial charge in [0.25, 0.3) is 0 Å². The largest absolute Gasteiger partial charge is 0.309 e. The smallest absolute Gasteiger partial charge is 0.160 e. The minimum Gasteiger partial charge on any atom is -0.309 e. The lowest BCUT2D eigenvalue weighted by Gasteiger charge is -2.20. The van der Waals surface area contributed by atoms with Gasteiger partial charge in [-0.1, -0.05) is 206 Å². The van der Waals surface area contributed by atoms with Crippen molar-refractivity contribution >= 4 is 87.2 Å². The van der Waals surface area contributed by atoms with Crippen molar-refractivity contribution in [3.8, 4) is 160 Å². The van der Waals surface area contributed by atoms with Crippen LogP contribution in [0.4, 0.5) is 0 Å². The molecule has 6 heterocycles. The van der Waals surface area contributed by atoms with E-state index in [-0.39, 0.29) is 0 Å². The topological polar surface area (TPSA) is 214 Å². The third-order valence-electron chi connectivity index (χ3n) is 23.7. The molecule has 0 unspecified atom stereocenters. The van der Waals surface area contributed by atoms with Gasteiger partial charge >= 0.3 is 0 Å². The molecule has 22 aromatic rings. The van der Waals surface area contributed by atoms with E-state index in [1.807, 2.05) is 224 Å². The molecule has 0 saturated carbocycles. The summed E-state index contributed by atoms with van der Waals surface area (Å²) in [6.07, 6.45) is 0. The third-order valence-corrected chi connectivity index (χ3v) is 23.7. The van der Waals surface area contributed by atoms with Gasteiger partial charge in [0, 0.05) is 104 Å². The Kier molecular flexibility index (Phi) is 17.2. The zero-order valence-corrected chi connectivity index (χ0v) is 65.9. The first kappa shape index (κ1) is 72.3. The van der Waals surface area contributed by atoms with Gasteiger partial charge in [0.15, 0.2) is 11.6 Å². The van der Waals surface area contributed by atoms with Crippen molar-refractivity contribution in [2.75, 3.05) is 0 Å². The first-order valence-corrected chi connectivity index (χ1v) is 40.4. The number of hydrogen-bond acceptors (Lipinski definition) is 10. The number of para-hydroxylation sites is 4. The maximum Gasteiger partial charge on any atom is 0.160 e. The molecule has 14 nitrogen and oxygen atoms in total. The van der Waals surface area contributed by atoms with Crippen LogP contribution in [0.3, 0.4) is 0 Å². The van der Waals surface area contributed by atoms with E-state index in [9.17, 15) is 31.6 Å². The molecule has 0 amide bonds. The molecule has 22 rings (SSSR count). The maximum absolute atomic E-state index is 11.2. The third kappa shape index (κ3) is 12.0. The molecule has 0 fully saturated rings. The van der Waals surface area contributed by atoms with Crippen molar-refractivity contribution in [3.63, 3.8) is 0 Å². The number of rotatable bonds is 13. The van der Waals surface area contributed by atoms with Crippen molar-refractivity contribution in [3.05, 3.63) is 397 Å². The van der Waals surface area contributed by atoms with Crippen LogP contribution in [0.2, 0.25) is 0 Å². The van der Waals surface area contributed by atoms with Gasteiger partial charge < -0.3 is 18.3 Å². The Morgan fingerprint density at radius 2 is 0.492 bits per heavy atom. The summed E-state index contributed by atoms with van der Waals surface area (Å²) in [5.74, 6) is 1.04. The van der Waals surface area contributed by atoms with E-state index in [1.165, 1.54) is 0 Å². The molecule has 0 N–H and O–H groups in total. The zero-order valence-electron chi connectivity index (χ0n) is 65.9. The van der Waals surface area contributed by atoms with E-state index in [0.29, 0.717) is 62.0 Å². The molecule has 0 spiro atoms. The van der Waals surface area contributed by atoms with Gasteiger partial charge in [0.1, 0.15) is 0 Å². The van der Waals surface area contributed by atoms with E-state index in [2.05, 4.69) is 194 Å². The van der Waals surface area contributed by atoms with Crippen LogP contribution in [0.1, 0.15) is 33.4 Å². The molecule has 0 bridgehead atoms. The Labute approximate surface area is 710 Å². The van der Waals surface area contributed by atoms with Crippen molar-refractivity contribution in [2.45, 2.75) is 0 Å². The van der Waals surface area contributed by atoms with Gasteiger partial charge in [-0.25, -0.2) is 19.9 Å². The van der Waals surface area contributed by atoms with E-state index >= 15 is 0 Å². The highest BCUT2D eigenvalue weighted by atomic mass is 15.0. The Hall–Kier alpha value is -18.2. The van der Waals surface area contributed by atoms with Gasteiger partial charge in [-0.3, -0.25) is 0 Å². The van der Waals surface area contributed by atoms with Crippen molar-refractivity contribution in [2.24, 2.45) is 0 Å². The molecule has 0 atom stereocenters. The first-order valence-electron chi connectivity index (χ1n) is 40.4. The SMILES string of the molecule is N#Cc1ccc2c(c1)c1cc(C#N)ccc1n2-c1ccccc1-c1ccc(-c2cc(-c3ccccc3)nc(-c3cccc(-c4cc(C#N)cc5c6ccccc6n(-c6ccccc6-c6ccc(-c7cc(-c8ccccc8)nc(-c8ccccc8)n7)cc6-n6c7ccccc7c7cc(C#N)ccc76)c45)c3)n2)cc1-n1c2ccc(C#N)cc2c2cc(C#N)ccc21. The predicted molar refractivity (Wildman–Crippen MR) is 492 cm³/mol. The summed E-state index contributed by atoms with van der Waals surface area (Å²) in [7, 11) is 0. The summed E-state index contributed by atoms with van der Waals surface area (Å²) in [6, 6.07) is 136. The average molecular weight is 1580 g/mol. The number of fused-ring (bicyclic) bond motifs is 12. The predicted octanol–water partition coefficient (Wildman–Crippen LogP) is 25.9. The fraction of sp³-hybridized carbons (Fsp3) is 0. The van der Waals surface area contributed by atoms with Gasteiger partial charge in [-0.05, 0) is 163 Å². The Morgan fingerprint density at radius 3 is 0.935 bits per heavy atom. The maximum atomic E-state index is 11.2. The van der Waals surface area contributed by atoms with Crippen LogP contribution >= 0.6 is 0 Å². The number of hydrogen-bond donors (Lipinski definition) is 0. The minimum atomic E-state index is 0.447. The van der Waals surface area contributed by atoms with Crippen LogP contribution in [0, 0.1) is 68.0 Å². The summed E-state index contributed by atoms with van der Waals surface area (Å²) in [5.41, 5.74) is 26.3. The molecule has 14 heteroatoms. The molecular weight excluding hydrogens is 1520 g/mol. The molecule has 124 heavy (non-hydrogen) atoms. The highest BCUT2D eigenvalue weighted by molar-refractivity contribution is 6.17. The highest BCUT2D eigenvalue weighted by Crippen LogP contribution is 2.48. The standard InChI is InChI=1S/C110H60N14/c111-61-67-35-44-101-87(49-67)82-29-12-15-32-98(82)122(101)106-57-77(95-59-93(73-19-4-1-5-20-73)117-109(119-95)75-23-8-3-9-24-75)41-43-85(106)81-28-11-16-33-99(81)124-100-34-17-13-30-83(100)92-55-72(66-116)54-86(108(92)124)76-25-18-26-79(56-76)110-118-94(74-21-6-2-7-22-74)60-96(120-110)78-40-42-84(107(58-78)123-104-47-38-70(64-114)52-90(104)91-53-71(65-115)39-48-105(91)123)80-27-10-14-31-97(80)121-102-45-36-68(62-112)50-88(102)89-51-69(63-113)37-46-103(89)121/h1-60H. The summed E-state index contributed by atoms with van der Waals surface area (Å²) in [6.45, 7) is 0. The minimum absolute atomic E-state index is 0.447. The van der Waals surface area contributed by atoms with Crippen molar-refractivity contribution < 1.29 is 0 Å². The van der Waals surface area contributed by atoms with Gasteiger partial charge in [-0.2, -0.15) is 31.6 Å². The Morgan fingerprint density at radius 1 is 0.177 bits per heavy atom. The molecule has 0 saturated heterocycles. The first-order chi connectivity index (χ1) is 61.2. The van der Waals surface area contributed by atoms with E-state index in [1.54, 1.807) is 0 Å². The number of nitrogens with zero attached hydrogens (tertiary/aromatic N) is 14. The lowest BCUT2D eigenvalue weighted by atomic mass is 9.96. The van der Waals surface area contributed by atoms with E-state index in [4.69, 9.17) is 19.9 Å². The average Bonchev–Trinajstić information content (AvgIpc) is 1.56. The van der Waals surface area contributed by atoms with Gasteiger partial charge in [0.2, 0.25) is 0 Å². The van der Waals surface area contributed by atoms with Crippen LogP contribution < -0.4 is 0 Å². The van der Waals surface area contributed by atoms with Crippen LogP contribution in [0.5, 0.6) is 0 Å². The second kappa shape index (κ2) is 29.5. The summed E-state index contributed by atoms with van der Waals surface area (Å²) in [5, 5.41) is 70.1. The summed E-state index contributed by atoms with van der Waals surface area (Å²) >= 11 is 0. The van der Waals surface area contributed by atoms with Crippen LogP contribution in [0.25, 0.3) is 211 Å². The lowest BCUT2D eigenvalue weighted by Crippen LogP contribution is -2.03. The molecule has 0 aliphatic carbocycles. The Balaban J connectivity index is 0.743. The molecular formula is C110H60N14. The fourth-order valence-corrected chi connectivity index (χ4v) is 18.2. The van der Waals surface area contributed by atoms with Crippen LogP contribution in [-0.4, -0.2) is 38.2 Å². The van der Waals surface area contributed by atoms with E-state index in [0.717, 1.165) is 183 Å². The quantitative estimate of drug-likeness (QED) is 0.106. The lowest BCUT2D eigenvalue weighted by molar-refractivity contribution is 1.15. The van der Waals surface area contributed by atoms with Gasteiger partial charge in [-0.15, -0.1) is 0 Å². The molecule has 570 valence electrons. The second-order valence-corrected chi connectivity index (χ2v) is 30.7. The monoisotopic (exact) mass is 1580 g/mol. The zero-order chi connectivity index (χ0) is 83.2. The normalized spacial score (nSPS) is 11.3. The number of benzene rings is 16. The Bertz CT molecular complexity index is 8380. The van der Waals surface area contributed by atoms with Crippen LogP contribution in [0.15, 0.2) is 364 Å². The van der Waals surface area contributed by atoms with Crippen molar-refractivity contribution in [1.82, 2.24) is 38.2 Å². The molecule has 16 aromatic carbocycles.